The molecule has 1 fully saturated rings. The molecule has 1 N–H and O–H groups in total. The fourth-order valence-corrected chi connectivity index (χ4v) is 3.35. The summed E-state index contributed by atoms with van der Waals surface area (Å²) >= 11 is 5.07. The summed E-state index contributed by atoms with van der Waals surface area (Å²) in [7, 11) is 3.72. The van der Waals surface area contributed by atoms with E-state index in [1.165, 1.54) is 0 Å². The molecule has 0 spiro atoms. The number of nitrogens with zero attached hydrogens (tertiary/aromatic N) is 1. The number of halogens is 1. The van der Waals surface area contributed by atoms with Gasteiger partial charge in [-0.25, -0.2) is 0 Å². The van der Waals surface area contributed by atoms with Gasteiger partial charge in [0.15, 0.2) is 0 Å². The molecule has 1 aromatic heterocycles. The molecule has 0 aromatic carbocycles. The minimum atomic E-state index is -0.0675. The second kappa shape index (κ2) is 6.14. The molecule has 2 atom stereocenters. The highest BCUT2D eigenvalue weighted by Crippen LogP contribution is 2.23. The lowest BCUT2D eigenvalue weighted by Crippen LogP contribution is -2.43. The van der Waals surface area contributed by atoms with Crippen molar-refractivity contribution in [1.29, 1.82) is 0 Å². The summed E-state index contributed by atoms with van der Waals surface area (Å²) in [6, 6.07) is 2.18. The van der Waals surface area contributed by atoms with E-state index in [4.69, 9.17) is 4.74 Å². The Morgan fingerprint density at radius 2 is 2.44 bits per heavy atom. The molecule has 2 heterocycles. The number of carbonyl (C=O) groups is 1. The van der Waals surface area contributed by atoms with Crippen molar-refractivity contribution in [3.8, 4) is 0 Å². The maximum absolute atomic E-state index is 12.3. The van der Waals surface area contributed by atoms with Crippen molar-refractivity contribution in [2.24, 2.45) is 5.92 Å². The van der Waals surface area contributed by atoms with Crippen LogP contribution in [0.2, 0.25) is 0 Å². The summed E-state index contributed by atoms with van der Waals surface area (Å²) < 4.78 is 6.46. The second-order valence-corrected chi connectivity index (χ2v) is 6.78. The highest BCUT2D eigenvalue weighted by molar-refractivity contribution is 9.11. The van der Waals surface area contributed by atoms with Crippen LogP contribution in [0, 0.1) is 5.92 Å². The molecule has 0 radical (unpaired) electrons. The molecule has 1 aromatic rings. The molecule has 0 bridgehead atoms. The Labute approximate surface area is 119 Å². The minimum absolute atomic E-state index is 0.0675. The Balaban J connectivity index is 1.96. The summed E-state index contributed by atoms with van der Waals surface area (Å²) in [5.74, 6) is 0.0799. The predicted octanol–water partition coefficient (Wildman–Crippen LogP) is 1.70. The molecule has 1 aliphatic rings. The average Bonchev–Trinajstić information content (AvgIpc) is 2.96. The summed E-state index contributed by atoms with van der Waals surface area (Å²) in [4.78, 5) is 14.1. The van der Waals surface area contributed by atoms with Gasteiger partial charge in [-0.2, -0.15) is 0 Å². The van der Waals surface area contributed by atoms with Crippen LogP contribution in [-0.2, 0) is 16.1 Å². The topological polar surface area (TPSA) is 41.6 Å². The molecular formula is C12H17BrN2O2S. The zero-order valence-corrected chi connectivity index (χ0v) is 12.9. The maximum Gasteiger partial charge on any atom is 0.229 e. The average molecular weight is 333 g/mol. The van der Waals surface area contributed by atoms with Crippen LogP contribution in [0.25, 0.3) is 0 Å². The largest absolute Gasteiger partial charge is 0.379 e. The number of rotatable bonds is 4. The van der Waals surface area contributed by atoms with E-state index in [0.717, 1.165) is 9.35 Å². The van der Waals surface area contributed by atoms with Gasteiger partial charge in [-0.3, -0.25) is 4.79 Å². The van der Waals surface area contributed by atoms with Crippen molar-refractivity contribution in [3.05, 3.63) is 20.8 Å². The number of ether oxygens (including phenoxy) is 1. The Hall–Kier alpha value is -0.430. The van der Waals surface area contributed by atoms with E-state index in [1.54, 1.807) is 16.2 Å². The Morgan fingerprint density at radius 3 is 3.06 bits per heavy atom. The quantitative estimate of drug-likeness (QED) is 0.912. The number of thiophene rings is 1. The van der Waals surface area contributed by atoms with Crippen molar-refractivity contribution in [3.63, 3.8) is 0 Å². The number of hydrogen-bond acceptors (Lipinski definition) is 4. The minimum Gasteiger partial charge on any atom is -0.379 e. The van der Waals surface area contributed by atoms with Gasteiger partial charge < -0.3 is 15.0 Å². The molecule has 1 aliphatic heterocycles. The van der Waals surface area contributed by atoms with Gasteiger partial charge in [0.2, 0.25) is 5.91 Å². The molecule has 2 rings (SSSR count). The van der Waals surface area contributed by atoms with Crippen molar-refractivity contribution >= 4 is 33.2 Å². The number of amides is 1. The third-order valence-electron chi connectivity index (χ3n) is 3.19. The second-order valence-electron chi connectivity index (χ2n) is 4.49. The lowest BCUT2D eigenvalue weighted by Gasteiger charge is -2.23. The number of likely N-dealkylation sites (N-methyl/N-ethyl adjacent to an activating group) is 1. The first-order valence-electron chi connectivity index (χ1n) is 5.84. The molecule has 1 saturated heterocycles. The van der Waals surface area contributed by atoms with Gasteiger partial charge in [0.1, 0.15) is 0 Å². The van der Waals surface area contributed by atoms with Crippen LogP contribution in [0.1, 0.15) is 5.56 Å². The van der Waals surface area contributed by atoms with Gasteiger partial charge in [-0.1, -0.05) is 0 Å². The zero-order chi connectivity index (χ0) is 13.1. The summed E-state index contributed by atoms with van der Waals surface area (Å²) in [6.45, 7) is 1.78. The fraction of sp³-hybridized carbons (Fsp3) is 0.583. The third kappa shape index (κ3) is 3.12. The van der Waals surface area contributed by atoms with E-state index in [2.05, 4.69) is 32.7 Å². The van der Waals surface area contributed by atoms with Crippen LogP contribution in [0.4, 0.5) is 0 Å². The van der Waals surface area contributed by atoms with Gasteiger partial charge in [0.05, 0.1) is 22.9 Å². The summed E-state index contributed by atoms with van der Waals surface area (Å²) in [5.41, 5.74) is 1.16. The molecule has 6 heteroatoms. The van der Waals surface area contributed by atoms with Crippen LogP contribution in [-0.4, -0.2) is 44.2 Å². The lowest BCUT2D eigenvalue weighted by molar-refractivity contribution is -0.135. The van der Waals surface area contributed by atoms with Gasteiger partial charge in [-0.15, -0.1) is 11.3 Å². The van der Waals surface area contributed by atoms with Crippen LogP contribution in [0.3, 0.4) is 0 Å². The van der Waals surface area contributed by atoms with Crippen molar-refractivity contribution in [1.82, 2.24) is 10.2 Å². The van der Waals surface area contributed by atoms with Gasteiger partial charge in [0.25, 0.3) is 0 Å². The SMILES string of the molecule is CNC1COCC1C(=O)N(C)Cc1csc(Br)c1. The summed E-state index contributed by atoms with van der Waals surface area (Å²) in [5, 5.41) is 5.20. The maximum atomic E-state index is 12.3. The molecule has 0 aliphatic carbocycles. The molecular weight excluding hydrogens is 316 g/mol. The van der Waals surface area contributed by atoms with Crippen molar-refractivity contribution in [2.75, 3.05) is 27.3 Å². The predicted molar refractivity (Wildman–Crippen MR) is 75.6 cm³/mol. The van der Waals surface area contributed by atoms with E-state index in [1.807, 2.05) is 14.1 Å². The molecule has 2 unspecified atom stereocenters. The first-order chi connectivity index (χ1) is 8.61. The Kier molecular flexibility index (Phi) is 4.77. The zero-order valence-electron chi connectivity index (χ0n) is 10.5. The smallest absolute Gasteiger partial charge is 0.229 e. The fourth-order valence-electron chi connectivity index (χ4n) is 2.15. The molecule has 18 heavy (non-hydrogen) atoms. The normalized spacial score (nSPS) is 23.3. The van der Waals surface area contributed by atoms with Crippen LogP contribution >= 0.6 is 27.3 Å². The van der Waals surface area contributed by atoms with E-state index in [0.29, 0.717) is 19.8 Å². The van der Waals surface area contributed by atoms with E-state index in [-0.39, 0.29) is 17.9 Å². The number of carbonyl (C=O) groups excluding carboxylic acids is 1. The Morgan fingerprint density at radius 1 is 1.67 bits per heavy atom. The molecule has 100 valence electrons. The lowest BCUT2D eigenvalue weighted by atomic mass is 10.0. The van der Waals surface area contributed by atoms with Gasteiger partial charge in [-0.05, 0) is 40.0 Å². The van der Waals surface area contributed by atoms with Gasteiger partial charge in [0, 0.05) is 19.6 Å². The standard InChI is InChI=1S/C12H17BrN2O2S/c1-14-10-6-17-5-9(10)12(16)15(2)4-8-3-11(13)18-7-8/h3,7,9-10,14H,4-6H2,1-2H3. The molecule has 4 nitrogen and oxygen atoms in total. The van der Waals surface area contributed by atoms with Crippen LogP contribution in [0.5, 0.6) is 0 Å². The first kappa shape index (κ1) is 14.0. The molecule has 0 saturated carbocycles. The van der Waals surface area contributed by atoms with Crippen LogP contribution < -0.4 is 5.32 Å². The van der Waals surface area contributed by atoms with Gasteiger partial charge >= 0.3 is 0 Å². The third-order valence-corrected chi connectivity index (χ3v) is 4.74. The Bertz CT molecular complexity index is 424. The monoisotopic (exact) mass is 332 g/mol. The summed E-state index contributed by atoms with van der Waals surface area (Å²) in [6.07, 6.45) is 0. The highest BCUT2D eigenvalue weighted by atomic mass is 79.9. The first-order valence-corrected chi connectivity index (χ1v) is 7.52. The van der Waals surface area contributed by atoms with E-state index >= 15 is 0 Å². The van der Waals surface area contributed by atoms with Crippen LogP contribution in [0.15, 0.2) is 15.2 Å². The van der Waals surface area contributed by atoms with E-state index in [9.17, 15) is 4.79 Å². The van der Waals surface area contributed by atoms with Crippen molar-refractivity contribution < 1.29 is 9.53 Å². The van der Waals surface area contributed by atoms with E-state index < -0.39 is 0 Å². The number of nitrogens with one attached hydrogen (secondary N) is 1. The highest BCUT2D eigenvalue weighted by Gasteiger charge is 2.34. The van der Waals surface area contributed by atoms with Crippen molar-refractivity contribution in [2.45, 2.75) is 12.6 Å². The number of hydrogen-bond donors (Lipinski definition) is 1. The molecule has 1 amide bonds.